The van der Waals surface area contributed by atoms with Crippen LogP contribution in [0.3, 0.4) is 0 Å². The van der Waals surface area contributed by atoms with E-state index in [-0.39, 0.29) is 12.2 Å². The van der Waals surface area contributed by atoms with Gasteiger partial charge in [-0.25, -0.2) is 14.6 Å². The van der Waals surface area contributed by atoms with Gasteiger partial charge in [0.2, 0.25) is 0 Å². The third-order valence-electron chi connectivity index (χ3n) is 2.01. The van der Waals surface area contributed by atoms with Crippen LogP contribution in [0.5, 0.6) is 0 Å². The molecule has 2 unspecified atom stereocenters. The molecule has 2 amide bonds. The third-order valence-corrected chi connectivity index (χ3v) is 2.01. The van der Waals surface area contributed by atoms with Gasteiger partial charge in [0, 0.05) is 14.1 Å². The van der Waals surface area contributed by atoms with Crippen molar-refractivity contribution in [1.29, 1.82) is 0 Å². The molecule has 0 aliphatic heterocycles. The molecule has 8 nitrogen and oxygen atoms in total. The number of amides is 2. The highest BCUT2D eigenvalue weighted by Gasteiger charge is 2.15. The maximum Gasteiger partial charge on any atom is 0.407 e. The Morgan fingerprint density at radius 1 is 1.06 bits per heavy atom. The molecule has 0 aliphatic carbocycles. The molecule has 0 aromatic heterocycles. The second kappa shape index (κ2) is 8.54. The molecule has 0 heterocycles. The largest absolute Gasteiger partial charge is 0.445 e. The van der Waals surface area contributed by atoms with E-state index in [0.29, 0.717) is 13.1 Å². The average molecular weight is 262 g/mol. The van der Waals surface area contributed by atoms with Gasteiger partial charge in [-0.15, -0.1) is 0 Å². The summed E-state index contributed by atoms with van der Waals surface area (Å²) in [6, 6.07) is 0. The zero-order valence-electron chi connectivity index (χ0n) is 11.2. The molecule has 0 aromatic carbocycles. The lowest BCUT2D eigenvalue weighted by Crippen LogP contribution is -2.44. The Hall–Kier alpha value is -1.54. The predicted octanol–water partition coefficient (Wildman–Crippen LogP) is -0.349. The zero-order valence-corrected chi connectivity index (χ0v) is 11.2. The zero-order chi connectivity index (χ0) is 14.1. The highest BCUT2D eigenvalue weighted by atomic mass is 16.6. The first-order valence-corrected chi connectivity index (χ1v) is 5.65. The van der Waals surface area contributed by atoms with Crippen molar-refractivity contribution in [3.63, 3.8) is 0 Å². The maximum absolute atomic E-state index is 10.9. The molecule has 18 heavy (non-hydrogen) atoms. The van der Waals surface area contributed by atoms with Crippen LogP contribution in [0.25, 0.3) is 0 Å². The van der Waals surface area contributed by atoms with Gasteiger partial charge in [-0.05, 0) is 13.8 Å². The summed E-state index contributed by atoms with van der Waals surface area (Å²) in [7, 11) is 2.96. The Morgan fingerprint density at radius 2 is 1.39 bits per heavy atom. The molecular weight excluding hydrogens is 240 g/mol. The van der Waals surface area contributed by atoms with Gasteiger partial charge in [-0.2, -0.15) is 0 Å². The number of nitrogens with zero attached hydrogens (tertiary/aromatic N) is 1. The Balaban J connectivity index is 3.91. The van der Waals surface area contributed by atoms with Crippen LogP contribution in [0.15, 0.2) is 0 Å². The number of ether oxygens (including phenoxy) is 2. The predicted molar refractivity (Wildman–Crippen MR) is 65.8 cm³/mol. The first kappa shape index (κ1) is 16.5. The first-order valence-electron chi connectivity index (χ1n) is 5.65. The number of alkyl carbamates (subject to hydrolysis) is 2. The first-order chi connectivity index (χ1) is 8.38. The second-order valence-corrected chi connectivity index (χ2v) is 3.89. The number of hydrazine groups is 1. The summed E-state index contributed by atoms with van der Waals surface area (Å²) in [5, 5.41) is 6.12. The van der Waals surface area contributed by atoms with Crippen LogP contribution in [-0.2, 0) is 9.47 Å². The van der Waals surface area contributed by atoms with Crippen LogP contribution in [0.2, 0.25) is 0 Å². The summed E-state index contributed by atoms with van der Waals surface area (Å²) in [6.07, 6.45) is -1.74. The lowest BCUT2D eigenvalue weighted by molar-refractivity contribution is 0.0519. The Labute approximate surface area is 107 Å². The molecule has 0 aliphatic rings. The van der Waals surface area contributed by atoms with E-state index in [0.717, 1.165) is 0 Å². The van der Waals surface area contributed by atoms with Crippen LogP contribution in [0.4, 0.5) is 9.59 Å². The second-order valence-electron chi connectivity index (χ2n) is 3.89. The monoisotopic (exact) mass is 262 g/mol. The minimum atomic E-state index is -0.509. The molecule has 0 spiro atoms. The van der Waals surface area contributed by atoms with Gasteiger partial charge in [-0.1, -0.05) is 0 Å². The lowest BCUT2D eigenvalue weighted by Gasteiger charge is -2.23. The van der Waals surface area contributed by atoms with Gasteiger partial charge in [-0.3, -0.25) is 5.84 Å². The van der Waals surface area contributed by atoms with E-state index in [1.165, 1.54) is 19.1 Å². The van der Waals surface area contributed by atoms with E-state index in [1.54, 1.807) is 13.8 Å². The van der Waals surface area contributed by atoms with Crippen LogP contribution >= 0.6 is 0 Å². The van der Waals surface area contributed by atoms with Crippen molar-refractivity contribution >= 4 is 12.2 Å². The van der Waals surface area contributed by atoms with Crippen molar-refractivity contribution < 1.29 is 19.1 Å². The fourth-order valence-electron chi connectivity index (χ4n) is 1.29. The van der Waals surface area contributed by atoms with E-state index in [1.807, 2.05) is 0 Å². The maximum atomic E-state index is 10.9. The van der Waals surface area contributed by atoms with Crippen molar-refractivity contribution in [2.24, 2.45) is 5.84 Å². The molecule has 8 heteroatoms. The van der Waals surface area contributed by atoms with Crippen molar-refractivity contribution in [2.75, 3.05) is 27.2 Å². The van der Waals surface area contributed by atoms with Crippen molar-refractivity contribution in [3.05, 3.63) is 0 Å². The molecule has 0 rings (SSSR count). The van der Waals surface area contributed by atoms with Crippen LogP contribution in [-0.4, -0.2) is 56.6 Å². The third kappa shape index (κ3) is 7.69. The van der Waals surface area contributed by atoms with Gasteiger partial charge in [0.05, 0.1) is 13.1 Å². The highest BCUT2D eigenvalue weighted by Crippen LogP contribution is 1.97. The highest BCUT2D eigenvalue weighted by molar-refractivity contribution is 5.67. The average Bonchev–Trinajstić information content (AvgIpc) is 2.27. The quantitative estimate of drug-likeness (QED) is 0.446. The number of carbonyl (C=O) groups excluding carboxylic acids is 2. The van der Waals surface area contributed by atoms with Crippen LogP contribution < -0.4 is 16.5 Å². The summed E-state index contributed by atoms with van der Waals surface area (Å²) in [4.78, 5) is 21.9. The standard InChI is InChI=1S/C10H22N4O4/c1-7(17-9(15)12-3)5-14(11)6-8(2)18-10(16)13-4/h7-8H,5-6,11H2,1-4H3,(H,12,15)(H,13,16). The molecule has 0 radical (unpaired) electrons. The Morgan fingerprint density at radius 3 is 1.67 bits per heavy atom. The van der Waals surface area contributed by atoms with E-state index in [2.05, 4.69) is 10.6 Å². The topological polar surface area (TPSA) is 106 Å². The van der Waals surface area contributed by atoms with Crippen molar-refractivity contribution in [3.8, 4) is 0 Å². The minimum absolute atomic E-state index is 0.342. The van der Waals surface area contributed by atoms with Gasteiger partial charge < -0.3 is 20.1 Å². The molecule has 106 valence electrons. The minimum Gasteiger partial charge on any atom is -0.445 e. The Bertz CT molecular complexity index is 249. The summed E-state index contributed by atoms with van der Waals surface area (Å²) in [5.41, 5.74) is 0. The van der Waals surface area contributed by atoms with Gasteiger partial charge in [0.25, 0.3) is 0 Å². The molecule has 2 atom stereocenters. The fraction of sp³-hybridized carbons (Fsp3) is 0.800. The SMILES string of the molecule is CNC(=O)OC(C)CN(N)CC(C)OC(=O)NC. The van der Waals surface area contributed by atoms with Crippen molar-refractivity contribution in [2.45, 2.75) is 26.1 Å². The normalized spacial score (nSPS) is 13.7. The number of hydrogen-bond acceptors (Lipinski definition) is 6. The van der Waals surface area contributed by atoms with Gasteiger partial charge in [0.1, 0.15) is 12.2 Å². The van der Waals surface area contributed by atoms with Crippen LogP contribution in [0, 0.1) is 0 Å². The molecule has 0 saturated heterocycles. The van der Waals surface area contributed by atoms with E-state index >= 15 is 0 Å². The molecule has 0 saturated carbocycles. The van der Waals surface area contributed by atoms with E-state index in [9.17, 15) is 9.59 Å². The van der Waals surface area contributed by atoms with Gasteiger partial charge in [0.15, 0.2) is 0 Å². The molecular formula is C10H22N4O4. The summed E-state index contributed by atoms with van der Waals surface area (Å²) in [5.74, 6) is 5.72. The number of hydrogen-bond donors (Lipinski definition) is 3. The summed E-state index contributed by atoms with van der Waals surface area (Å²) < 4.78 is 9.92. The Kier molecular flexibility index (Phi) is 7.81. The molecule has 4 N–H and O–H groups in total. The number of rotatable bonds is 6. The lowest BCUT2D eigenvalue weighted by atomic mass is 10.3. The summed E-state index contributed by atoms with van der Waals surface area (Å²) in [6.45, 7) is 4.13. The van der Waals surface area contributed by atoms with Gasteiger partial charge >= 0.3 is 12.2 Å². The van der Waals surface area contributed by atoms with E-state index < -0.39 is 12.2 Å². The molecule has 0 bridgehead atoms. The number of nitrogens with two attached hydrogens (primary N) is 1. The summed E-state index contributed by atoms with van der Waals surface area (Å²) >= 11 is 0. The van der Waals surface area contributed by atoms with E-state index in [4.69, 9.17) is 15.3 Å². The smallest absolute Gasteiger partial charge is 0.407 e. The molecule has 0 fully saturated rings. The number of nitrogens with one attached hydrogen (secondary N) is 2. The number of carbonyl (C=O) groups is 2. The van der Waals surface area contributed by atoms with Crippen LogP contribution in [0.1, 0.15) is 13.8 Å². The molecule has 0 aromatic rings. The van der Waals surface area contributed by atoms with Crippen molar-refractivity contribution in [1.82, 2.24) is 15.6 Å². The fourth-order valence-corrected chi connectivity index (χ4v) is 1.29.